The molecule has 0 aromatic carbocycles. The number of halogens is 1. The molecule has 2 heteroatoms. The molecule has 0 heterocycles. The Morgan fingerprint density at radius 1 is 1.50 bits per heavy atom. The SMILES string of the molecule is [C-]#[N+]CC1CCCC(F)C1. The topological polar surface area (TPSA) is 4.36 Å². The molecule has 0 aliphatic heterocycles. The van der Waals surface area contributed by atoms with Gasteiger partial charge in [0.25, 0.3) is 0 Å². The molecule has 2 unspecified atom stereocenters. The van der Waals surface area contributed by atoms with Crippen LogP contribution < -0.4 is 0 Å². The number of nitrogens with zero attached hydrogens (tertiary/aromatic N) is 1. The molecule has 0 bridgehead atoms. The lowest BCUT2D eigenvalue weighted by Gasteiger charge is -2.19. The molecule has 2 atom stereocenters. The van der Waals surface area contributed by atoms with E-state index in [1.807, 2.05) is 0 Å². The van der Waals surface area contributed by atoms with E-state index in [0.29, 0.717) is 25.3 Å². The largest absolute Gasteiger partial charge is 0.317 e. The van der Waals surface area contributed by atoms with Crippen LogP contribution in [0.2, 0.25) is 0 Å². The number of hydrogen-bond donors (Lipinski definition) is 0. The van der Waals surface area contributed by atoms with Crippen molar-refractivity contribution < 1.29 is 4.39 Å². The first kappa shape index (κ1) is 7.53. The van der Waals surface area contributed by atoms with Crippen LogP contribution in [0.3, 0.4) is 0 Å². The van der Waals surface area contributed by atoms with Gasteiger partial charge in [0.15, 0.2) is 0 Å². The van der Waals surface area contributed by atoms with Crippen molar-refractivity contribution in [2.45, 2.75) is 31.9 Å². The summed E-state index contributed by atoms with van der Waals surface area (Å²) in [7, 11) is 0. The fourth-order valence-corrected chi connectivity index (χ4v) is 1.52. The van der Waals surface area contributed by atoms with Crippen LogP contribution in [0, 0.1) is 12.5 Å². The summed E-state index contributed by atoms with van der Waals surface area (Å²) in [5, 5.41) is 0. The Kier molecular flexibility index (Phi) is 2.68. The van der Waals surface area contributed by atoms with Crippen LogP contribution in [0.1, 0.15) is 25.7 Å². The lowest BCUT2D eigenvalue weighted by molar-refractivity contribution is 0.206. The molecule has 56 valence electrons. The first-order chi connectivity index (χ1) is 4.83. The highest BCUT2D eigenvalue weighted by atomic mass is 19.1. The van der Waals surface area contributed by atoms with Gasteiger partial charge >= 0.3 is 0 Å². The van der Waals surface area contributed by atoms with Crippen LogP contribution in [0.5, 0.6) is 0 Å². The van der Waals surface area contributed by atoms with Crippen LogP contribution in [0.15, 0.2) is 0 Å². The normalized spacial score (nSPS) is 33.2. The molecule has 0 saturated heterocycles. The van der Waals surface area contributed by atoms with Gasteiger partial charge in [0, 0.05) is 5.92 Å². The summed E-state index contributed by atoms with van der Waals surface area (Å²) in [5.74, 6) is 0.348. The quantitative estimate of drug-likeness (QED) is 0.494. The van der Waals surface area contributed by atoms with Crippen LogP contribution in [0.25, 0.3) is 4.85 Å². The molecule has 0 radical (unpaired) electrons. The molecular weight excluding hydrogens is 129 g/mol. The van der Waals surface area contributed by atoms with E-state index in [1.165, 1.54) is 0 Å². The fourth-order valence-electron chi connectivity index (χ4n) is 1.52. The van der Waals surface area contributed by atoms with Crippen LogP contribution in [-0.2, 0) is 0 Å². The van der Waals surface area contributed by atoms with E-state index in [1.54, 1.807) is 0 Å². The van der Waals surface area contributed by atoms with Gasteiger partial charge in [-0.2, -0.15) is 0 Å². The first-order valence-corrected chi connectivity index (χ1v) is 3.80. The Labute approximate surface area is 61.1 Å². The van der Waals surface area contributed by atoms with E-state index in [9.17, 15) is 4.39 Å². The van der Waals surface area contributed by atoms with Crippen molar-refractivity contribution in [3.63, 3.8) is 0 Å². The Hall–Kier alpha value is -0.580. The van der Waals surface area contributed by atoms with E-state index in [2.05, 4.69) is 4.85 Å². The average molecular weight is 141 g/mol. The first-order valence-electron chi connectivity index (χ1n) is 3.80. The van der Waals surface area contributed by atoms with Gasteiger partial charge < -0.3 is 4.85 Å². The minimum Gasteiger partial charge on any atom is -0.317 e. The number of alkyl halides is 1. The van der Waals surface area contributed by atoms with Crippen molar-refractivity contribution in [3.8, 4) is 0 Å². The van der Waals surface area contributed by atoms with Gasteiger partial charge in [-0.3, -0.25) is 0 Å². The monoisotopic (exact) mass is 141 g/mol. The highest BCUT2D eigenvalue weighted by Crippen LogP contribution is 2.26. The van der Waals surface area contributed by atoms with E-state index in [-0.39, 0.29) is 0 Å². The second-order valence-corrected chi connectivity index (χ2v) is 2.97. The zero-order chi connectivity index (χ0) is 7.40. The third-order valence-corrected chi connectivity index (χ3v) is 2.07. The van der Waals surface area contributed by atoms with Crippen molar-refractivity contribution in [2.75, 3.05) is 6.54 Å². The fraction of sp³-hybridized carbons (Fsp3) is 0.875. The molecule has 1 nitrogen and oxygen atoms in total. The zero-order valence-corrected chi connectivity index (χ0v) is 6.02. The van der Waals surface area contributed by atoms with Gasteiger partial charge in [0.2, 0.25) is 6.54 Å². The van der Waals surface area contributed by atoms with E-state index in [0.717, 1.165) is 12.8 Å². The highest BCUT2D eigenvalue weighted by molar-refractivity contribution is 4.77. The minimum atomic E-state index is -0.625. The van der Waals surface area contributed by atoms with Gasteiger partial charge in [0.05, 0.1) is 0 Å². The minimum absolute atomic E-state index is 0.348. The lowest BCUT2D eigenvalue weighted by Crippen LogP contribution is -2.17. The summed E-state index contributed by atoms with van der Waals surface area (Å²) in [5.41, 5.74) is 0. The molecule has 1 saturated carbocycles. The molecule has 10 heavy (non-hydrogen) atoms. The summed E-state index contributed by atoms with van der Waals surface area (Å²) in [6.45, 7) is 7.14. The van der Waals surface area contributed by atoms with Gasteiger partial charge in [-0.1, -0.05) is 0 Å². The summed E-state index contributed by atoms with van der Waals surface area (Å²) in [4.78, 5) is 3.28. The van der Waals surface area contributed by atoms with Crippen molar-refractivity contribution >= 4 is 0 Å². The van der Waals surface area contributed by atoms with Crippen LogP contribution >= 0.6 is 0 Å². The molecule has 1 rings (SSSR count). The van der Waals surface area contributed by atoms with E-state index < -0.39 is 6.17 Å². The van der Waals surface area contributed by atoms with E-state index in [4.69, 9.17) is 6.57 Å². The molecule has 0 spiro atoms. The van der Waals surface area contributed by atoms with Gasteiger partial charge in [-0.15, -0.1) is 0 Å². The second-order valence-electron chi connectivity index (χ2n) is 2.97. The predicted octanol–water partition coefficient (Wildman–Crippen LogP) is 2.43. The summed E-state index contributed by atoms with van der Waals surface area (Å²) >= 11 is 0. The summed E-state index contributed by atoms with van der Waals surface area (Å²) < 4.78 is 12.7. The maximum absolute atomic E-state index is 12.7. The molecule has 1 aliphatic carbocycles. The number of hydrogen-bond acceptors (Lipinski definition) is 0. The highest BCUT2D eigenvalue weighted by Gasteiger charge is 2.22. The number of rotatable bonds is 1. The Morgan fingerprint density at radius 2 is 2.30 bits per heavy atom. The molecule has 0 N–H and O–H groups in total. The third kappa shape index (κ3) is 1.98. The Balaban J connectivity index is 2.27. The van der Waals surface area contributed by atoms with Crippen molar-refractivity contribution in [1.82, 2.24) is 0 Å². The zero-order valence-electron chi connectivity index (χ0n) is 6.02. The lowest BCUT2D eigenvalue weighted by atomic mass is 9.88. The predicted molar refractivity (Wildman–Crippen MR) is 38.3 cm³/mol. The molecule has 1 fully saturated rings. The summed E-state index contributed by atoms with van der Waals surface area (Å²) in [6, 6.07) is 0. The van der Waals surface area contributed by atoms with Crippen molar-refractivity contribution in [1.29, 1.82) is 0 Å². The van der Waals surface area contributed by atoms with Gasteiger partial charge in [-0.05, 0) is 25.7 Å². The maximum Gasteiger partial charge on any atom is 0.217 e. The van der Waals surface area contributed by atoms with Crippen LogP contribution in [0.4, 0.5) is 4.39 Å². The average Bonchev–Trinajstić information content (AvgIpc) is 1.88. The molecule has 0 amide bonds. The Bertz CT molecular complexity index is 139. The Morgan fingerprint density at radius 3 is 2.90 bits per heavy atom. The molecular formula is C8H12FN. The molecule has 0 aromatic heterocycles. The smallest absolute Gasteiger partial charge is 0.217 e. The second kappa shape index (κ2) is 3.55. The third-order valence-electron chi connectivity index (χ3n) is 2.07. The van der Waals surface area contributed by atoms with Crippen LogP contribution in [-0.4, -0.2) is 12.7 Å². The molecule has 1 aliphatic rings. The van der Waals surface area contributed by atoms with Gasteiger partial charge in [0.1, 0.15) is 6.17 Å². The standard InChI is InChI=1S/C8H12FN/c1-10-6-7-3-2-4-8(9)5-7/h7-8H,2-6H2. The summed E-state index contributed by atoms with van der Waals surface area (Å²) in [6.07, 6.45) is 2.75. The van der Waals surface area contributed by atoms with Crippen molar-refractivity contribution in [3.05, 3.63) is 11.4 Å². The van der Waals surface area contributed by atoms with Crippen molar-refractivity contribution in [2.24, 2.45) is 5.92 Å². The van der Waals surface area contributed by atoms with E-state index >= 15 is 0 Å². The molecule has 0 aromatic rings. The van der Waals surface area contributed by atoms with Gasteiger partial charge in [-0.25, -0.2) is 11.0 Å². The maximum atomic E-state index is 12.7.